The molecular weight excluding hydrogens is 315 g/mol. The first-order chi connectivity index (χ1) is 10.5. The molecule has 6 unspecified atom stereocenters. The molecule has 130 valence electrons. The summed E-state index contributed by atoms with van der Waals surface area (Å²) in [5.41, 5.74) is 0. The number of ether oxygens (including phenoxy) is 2. The van der Waals surface area contributed by atoms with E-state index >= 15 is 0 Å². The maximum atomic E-state index is 10.9. The Morgan fingerprint density at radius 3 is 2.45 bits per heavy atom. The predicted octanol–water partition coefficient (Wildman–Crippen LogP) is 0.569. The molecule has 9 heteroatoms. The lowest BCUT2D eigenvalue weighted by atomic mass is 9.92. The van der Waals surface area contributed by atoms with Gasteiger partial charge in [0.2, 0.25) is 0 Å². The number of hydrogen-bond donors (Lipinski definition) is 3. The van der Waals surface area contributed by atoms with Crippen molar-refractivity contribution in [2.24, 2.45) is 5.92 Å². The van der Waals surface area contributed by atoms with Crippen LogP contribution in [0.2, 0.25) is 0 Å². The number of hydrogen-bond acceptors (Lipinski definition) is 8. The maximum absolute atomic E-state index is 10.9. The van der Waals surface area contributed by atoms with Crippen LogP contribution in [0.5, 0.6) is 0 Å². The SMILES string of the molecule is CO[P+](=O)OCCCCCOC1OC(CO)C(O)C(O)C1C. The van der Waals surface area contributed by atoms with Crippen LogP contribution in [0.4, 0.5) is 0 Å². The molecule has 1 fully saturated rings. The molecule has 0 aromatic rings. The molecule has 8 nitrogen and oxygen atoms in total. The topological polar surface area (TPSA) is 115 Å². The Morgan fingerprint density at radius 1 is 1.14 bits per heavy atom. The van der Waals surface area contributed by atoms with Crippen LogP contribution >= 0.6 is 8.25 Å². The summed E-state index contributed by atoms with van der Waals surface area (Å²) >= 11 is 0. The van der Waals surface area contributed by atoms with Gasteiger partial charge in [-0.15, -0.1) is 9.05 Å². The van der Waals surface area contributed by atoms with Gasteiger partial charge in [0, 0.05) is 17.1 Å². The van der Waals surface area contributed by atoms with Crippen LogP contribution in [-0.4, -0.2) is 66.9 Å². The molecule has 0 spiro atoms. The van der Waals surface area contributed by atoms with E-state index in [0.717, 1.165) is 19.3 Å². The highest BCUT2D eigenvalue weighted by Crippen LogP contribution is 2.27. The first-order valence-electron chi connectivity index (χ1n) is 7.39. The summed E-state index contributed by atoms with van der Waals surface area (Å²) < 4.78 is 31.2. The average molecular weight is 341 g/mol. The van der Waals surface area contributed by atoms with Crippen molar-refractivity contribution in [3.63, 3.8) is 0 Å². The van der Waals surface area contributed by atoms with Gasteiger partial charge in [0.1, 0.15) is 18.8 Å². The van der Waals surface area contributed by atoms with Crippen LogP contribution < -0.4 is 0 Å². The van der Waals surface area contributed by atoms with Gasteiger partial charge in [-0.1, -0.05) is 6.92 Å². The highest BCUT2D eigenvalue weighted by Gasteiger charge is 2.42. The van der Waals surface area contributed by atoms with Crippen LogP contribution in [-0.2, 0) is 23.1 Å². The molecule has 1 heterocycles. The smallest absolute Gasteiger partial charge is 0.394 e. The van der Waals surface area contributed by atoms with Crippen molar-refractivity contribution in [3.8, 4) is 0 Å². The van der Waals surface area contributed by atoms with Crippen molar-refractivity contribution in [2.45, 2.75) is 50.8 Å². The van der Waals surface area contributed by atoms with Gasteiger partial charge in [0.25, 0.3) is 0 Å². The van der Waals surface area contributed by atoms with E-state index < -0.39 is 32.9 Å². The Kier molecular flexibility index (Phi) is 9.54. The lowest BCUT2D eigenvalue weighted by Crippen LogP contribution is -2.55. The van der Waals surface area contributed by atoms with Gasteiger partial charge >= 0.3 is 8.25 Å². The second-order valence-electron chi connectivity index (χ2n) is 5.24. The third-order valence-corrected chi connectivity index (χ3v) is 4.30. The normalized spacial score (nSPS) is 33.0. The average Bonchev–Trinajstić information content (AvgIpc) is 2.53. The number of aliphatic hydroxyl groups is 3. The molecule has 1 saturated heterocycles. The van der Waals surface area contributed by atoms with Crippen LogP contribution in [0.3, 0.4) is 0 Å². The summed E-state index contributed by atoms with van der Waals surface area (Å²) in [6, 6.07) is 0. The van der Waals surface area contributed by atoms with E-state index in [4.69, 9.17) is 19.1 Å². The lowest BCUT2D eigenvalue weighted by molar-refractivity contribution is -0.282. The second-order valence-corrected chi connectivity index (χ2v) is 6.31. The van der Waals surface area contributed by atoms with Gasteiger partial charge in [0.15, 0.2) is 6.29 Å². The second kappa shape index (κ2) is 10.6. The van der Waals surface area contributed by atoms with Crippen molar-refractivity contribution in [1.29, 1.82) is 0 Å². The van der Waals surface area contributed by atoms with Gasteiger partial charge in [0.05, 0.1) is 19.8 Å². The van der Waals surface area contributed by atoms with Crippen molar-refractivity contribution >= 4 is 8.25 Å². The zero-order valence-electron chi connectivity index (χ0n) is 13.0. The third kappa shape index (κ3) is 6.14. The maximum Gasteiger partial charge on any atom is 0.697 e. The molecule has 0 aromatic carbocycles. The van der Waals surface area contributed by atoms with Crippen LogP contribution in [0, 0.1) is 5.92 Å². The fraction of sp³-hybridized carbons (Fsp3) is 1.00. The summed E-state index contributed by atoms with van der Waals surface area (Å²) in [6.07, 6.45) is -1.29. The number of unbranched alkanes of at least 4 members (excludes halogenated alkanes) is 2. The Balaban J connectivity index is 2.17. The molecule has 1 aliphatic rings. The Bertz CT molecular complexity index is 327. The molecule has 22 heavy (non-hydrogen) atoms. The third-order valence-electron chi connectivity index (χ3n) is 3.60. The molecule has 0 amide bonds. The fourth-order valence-corrected chi connectivity index (χ4v) is 2.57. The highest BCUT2D eigenvalue weighted by molar-refractivity contribution is 7.33. The quantitative estimate of drug-likeness (QED) is 0.390. The standard InChI is InChI=1S/C13H26O8P/c1-9-11(15)12(16)10(8-14)21-13(9)19-6-4-3-5-7-20-22(17)18-2/h9-16H,3-8H2,1-2H3/q+1. The van der Waals surface area contributed by atoms with E-state index in [1.165, 1.54) is 7.11 Å². The summed E-state index contributed by atoms with van der Waals surface area (Å²) in [7, 11) is -0.690. The molecule has 0 bridgehead atoms. The molecule has 0 radical (unpaired) electrons. The summed E-state index contributed by atoms with van der Waals surface area (Å²) in [5.74, 6) is -0.383. The van der Waals surface area contributed by atoms with Crippen molar-refractivity contribution < 1.29 is 38.4 Å². The molecule has 6 atom stereocenters. The van der Waals surface area contributed by atoms with Crippen LogP contribution in [0.1, 0.15) is 26.2 Å². The zero-order valence-corrected chi connectivity index (χ0v) is 13.9. The predicted molar refractivity (Wildman–Crippen MR) is 77.3 cm³/mol. The lowest BCUT2D eigenvalue weighted by Gasteiger charge is -2.40. The van der Waals surface area contributed by atoms with E-state index in [0.29, 0.717) is 13.2 Å². The molecule has 1 aliphatic heterocycles. The van der Waals surface area contributed by atoms with Crippen LogP contribution in [0.15, 0.2) is 0 Å². The van der Waals surface area contributed by atoms with Crippen molar-refractivity contribution in [2.75, 3.05) is 26.9 Å². The monoisotopic (exact) mass is 341 g/mol. The Hall–Kier alpha value is -0.180. The summed E-state index contributed by atoms with van der Waals surface area (Å²) in [6.45, 7) is 2.13. The molecule has 0 saturated carbocycles. The Labute approximate surface area is 131 Å². The van der Waals surface area contributed by atoms with Gasteiger partial charge in [-0.25, -0.2) is 0 Å². The van der Waals surface area contributed by atoms with Gasteiger partial charge < -0.3 is 24.8 Å². The molecule has 0 aliphatic carbocycles. The van der Waals surface area contributed by atoms with E-state index in [1.807, 2.05) is 0 Å². The number of aliphatic hydroxyl groups excluding tert-OH is 3. The minimum atomic E-state index is -2.01. The molecule has 3 N–H and O–H groups in total. The minimum absolute atomic E-state index is 0.358. The zero-order chi connectivity index (χ0) is 16.5. The largest absolute Gasteiger partial charge is 0.697 e. The van der Waals surface area contributed by atoms with Gasteiger partial charge in [-0.2, -0.15) is 0 Å². The van der Waals surface area contributed by atoms with E-state index in [1.54, 1.807) is 6.92 Å². The highest BCUT2D eigenvalue weighted by atomic mass is 31.1. The van der Waals surface area contributed by atoms with Crippen molar-refractivity contribution in [3.05, 3.63) is 0 Å². The van der Waals surface area contributed by atoms with Crippen molar-refractivity contribution in [1.82, 2.24) is 0 Å². The van der Waals surface area contributed by atoms with Gasteiger partial charge in [-0.3, -0.25) is 0 Å². The molecule has 1 rings (SSSR count). The summed E-state index contributed by atoms with van der Waals surface area (Å²) in [4.78, 5) is 0. The number of rotatable bonds is 10. The van der Waals surface area contributed by atoms with E-state index in [2.05, 4.69) is 4.52 Å². The Morgan fingerprint density at radius 2 is 1.82 bits per heavy atom. The molecular formula is C13H26O8P+. The van der Waals surface area contributed by atoms with Gasteiger partial charge in [-0.05, 0) is 19.3 Å². The first kappa shape index (κ1) is 19.9. The first-order valence-corrected chi connectivity index (χ1v) is 8.49. The van der Waals surface area contributed by atoms with E-state index in [9.17, 15) is 14.8 Å². The van der Waals surface area contributed by atoms with E-state index in [-0.39, 0.29) is 12.5 Å². The molecule has 0 aromatic heterocycles. The fourth-order valence-electron chi connectivity index (χ4n) is 2.18. The summed E-state index contributed by atoms with van der Waals surface area (Å²) in [5, 5.41) is 28.7. The minimum Gasteiger partial charge on any atom is -0.394 e. The van der Waals surface area contributed by atoms with Crippen LogP contribution in [0.25, 0.3) is 0 Å².